The highest BCUT2D eigenvalue weighted by atomic mass is 79.9. The molecular formula is C18H26BrFO2S. The number of unbranched alkanes of at least 4 members (excludes halogenated alkanes) is 2. The SMILES string of the molecule is CCCCC(C=O)(CCCC)C[S@@](=O)c1ccc(F)cc1CBr. The van der Waals surface area contributed by atoms with E-state index in [1.807, 2.05) is 0 Å². The van der Waals surface area contributed by atoms with Gasteiger partial charge in [-0.25, -0.2) is 4.39 Å². The molecule has 0 spiro atoms. The van der Waals surface area contributed by atoms with Gasteiger partial charge in [0.1, 0.15) is 12.1 Å². The van der Waals surface area contributed by atoms with Gasteiger partial charge in [0.05, 0.1) is 10.8 Å². The normalized spacial score (nSPS) is 13.0. The summed E-state index contributed by atoms with van der Waals surface area (Å²) in [7, 11) is -1.31. The van der Waals surface area contributed by atoms with Crippen LogP contribution in [-0.2, 0) is 20.9 Å². The Morgan fingerprint density at radius 2 is 1.83 bits per heavy atom. The summed E-state index contributed by atoms with van der Waals surface area (Å²) >= 11 is 3.32. The average Bonchev–Trinajstić information content (AvgIpc) is 2.57. The Balaban J connectivity index is 3.01. The van der Waals surface area contributed by atoms with E-state index in [0.29, 0.717) is 21.5 Å². The largest absolute Gasteiger partial charge is 0.303 e. The van der Waals surface area contributed by atoms with Crippen molar-refractivity contribution in [3.05, 3.63) is 29.6 Å². The Morgan fingerprint density at radius 1 is 1.22 bits per heavy atom. The summed E-state index contributed by atoms with van der Waals surface area (Å²) in [5.74, 6) is -0.0129. The second kappa shape index (κ2) is 10.3. The molecule has 0 radical (unpaired) electrons. The molecule has 0 fully saturated rings. The van der Waals surface area contributed by atoms with Gasteiger partial charge in [0.2, 0.25) is 0 Å². The molecule has 0 amide bonds. The Labute approximate surface area is 149 Å². The fourth-order valence-corrected chi connectivity index (χ4v) is 5.02. The molecule has 1 aromatic carbocycles. The number of hydrogen-bond donors (Lipinski definition) is 0. The molecule has 23 heavy (non-hydrogen) atoms. The third kappa shape index (κ3) is 6.11. The molecule has 0 bridgehead atoms. The molecule has 0 aromatic heterocycles. The van der Waals surface area contributed by atoms with Crippen LogP contribution in [0, 0.1) is 11.2 Å². The van der Waals surface area contributed by atoms with E-state index in [-0.39, 0.29) is 5.82 Å². The Kier molecular flexibility index (Phi) is 9.22. The van der Waals surface area contributed by atoms with Crippen molar-refractivity contribution in [2.75, 3.05) is 5.75 Å². The molecule has 0 N–H and O–H groups in total. The molecule has 130 valence electrons. The summed E-state index contributed by atoms with van der Waals surface area (Å²) in [6, 6.07) is 4.32. The van der Waals surface area contributed by atoms with Crippen LogP contribution < -0.4 is 0 Å². The van der Waals surface area contributed by atoms with E-state index < -0.39 is 16.2 Å². The molecule has 0 saturated carbocycles. The summed E-state index contributed by atoms with van der Waals surface area (Å²) in [5.41, 5.74) is 0.156. The number of rotatable bonds is 11. The first-order chi connectivity index (χ1) is 11.0. The summed E-state index contributed by atoms with van der Waals surface area (Å²) in [4.78, 5) is 12.4. The van der Waals surface area contributed by atoms with E-state index in [9.17, 15) is 13.4 Å². The zero-order valence-electron chi connectivity index (χ0n) is 13.9. The lowest BCUT2D eigenvalue weighted by Crippen LogP contribution is -2.30. The highest BCUT2D eigenvalue weighted by molar-refractivity contribution is 9.08. The molecule has 5 heteroatoms. The maximum atomic E-state index is 13.4. The molecule has 0 unspecified atom stereocenters. The fourth-order valence-electron chi connectivity index (χ4n) is 2.69. The zero-order chi connectivity index (χ0) is 17.3. The number of aldehydes is 1. The minimum absolute atomic E-state index is 0.322. The summed E-state index contributed by atoms with van der Waals surface area (Å²) in [6.07, 6.45) is 6.47. The quantitative estimate of drug-likeness (QED) is 0.365. The molecule has 1 rings (SSSR count). The minimum atomic E-state index is -1.31. The topological polar surface area (TPSA) is 34.1 Å². The van der Waals surface area contributed by atoms with Crippen molar-refractivity contribution in [3.8, 4) is 0 Å². The van der Waals surface area contributed by atoms with E-state index in [2.05, 4.69) is 29.8 Å². The summed E-state index contributed by atoms with van der Waals surface area (Å²) in [5, 5.41) is 0.448. The third-order valence-electron chi connectivity index (χ3n) is 4.14. The summed E-state index contributed by atoms with van der Waals surface area (Å²) in [6.45, 7) is 4.19. The number of halogens is 2. The number of carbonyl (C=O) groups excluding carboxylic acids is 1. The summed E-state index contributed by atoms with van der Waals surface area (Å²) < 4.78 is 26.2. The van der Waals surface area contributed by atoms with Crippen LogP contribution in [0.3, 0.4) is 0 Å². The Morgan fingerprint density at radius 3 is 2.30 bits per heavy atom. The van der Waals surface area contributed by atoms with Crippen LogP contribution in [0.5, 0.6) is 0 Å². The number of hydrogen-bond acceptors (Lipinski definition) is 2. The predicted octanol–water partition coefficient (Wildman–Crippen LogP) is 5.39. The van der Waals surface area contributed by atoms with Crippen LogP contribution >= 0.6 is 15.9 Å². The Bertz CT molecular complexity index is 526. The van der Waals surface area contributed by atoms with Crippen molar-refractivity contribution >= 4 is 33.0 Å². The maximum absolute atomic E-state index is 13.4. The molecule has 0 saturated heterocycles. The van der Waals surface area contributed by atoms with Gasteiger partial charge in [-0.2, -0.15) is 0 Å². The lowest BCUT2D eigenvalue weighted by atomic mass is 9.81. The van der Waals surface area contributed by atoms with E-state index in [0.717, 1.165) is 44.8 Å². The van der Waals surface area contributed by atoms with Crippen molar-refractivity contribution in [2.45, 2.75) is 62.6 Å². The number of alkyl halides is 1. The van der Waals surface area contributed by atoms with Gasteiger partial charge in [-0.3, -0.25) is 4.21 Å². The van der Waals surface area contributed by atoms with Crippen LogP contribution in [0.1, 0.15) is 57.9 Å². The van der Waals surface area contributed by atoms with Gasteiger partial charge in [-0.05, 0) is 36.6 Å². The molecule has 0 aliphatic rings. The van der Waals surface area contributed by atoms with Crippen molar-refractivity contribution in [2.24, 2.45) is 5.41 Å². The standard InChI is InChI=1S/C18H26BrFO2S/c1-3-5-9-18(13-21,10-6-4-2)14-23(22)17-8-7-16(20)11-15(17)12-19/h7-8,11,13H,3-6,9-10,12,14H2,1-2H3/t23-/m1/s1. The Hall–Kier alpha value is -0.550. The van der Waals surface area contributed by atoms with Crippen molar-refractivity contribution in [1.29, 1.82) is 0 Å². The highest BCUT2D eigenvalue weighted by Gasteiger charge is 2.31. The van der Waals surface area contributed by atoms with Gasteiger partial charge in [0.15, 0.2) is 0 Å². The van der Waals surface area contributed by atoms with Gasteiger partial charge >= 0.3 is 0 Å². The van der Waals surface area contributed by atoms with Crippen molar-refractivity contribution < 1.29 is 13.4 Å². The second-order valence-electron chi connectivity index (χ2n) is 6.06. The molecule has 0 heterocycles. The maximum Gasteiger partial charge on any atom is 0.127 e. The van der Waals surface area contributed by atoms with Gasteiger partial charge in [-0.15, -0.1) is 0 Å². The lowest BCUT2D eigenvalue weighted by Gasteiger charge is -2.28. The smallest absolute Gasteiger partial charge is 0.127 e. The van der Waals surface area contributed by atoms with Gasteiger partial charge in [0, 0.05) is 21.4 Å². The highest BCUT2D eigenvalue weighted by Crippen LogP contribution is 2.32. The monoisotopic (exact) mass is 404 g/mol. The number of carbonyl (C=O) groups is 1. The van der Waals surface area contributed by atoms with E-state index in [4.69, 9.17) is 0 Å². The van der Waals surface area contributed by atoms with E-state index in [1.54, 1.807) is 6.07 Å². The van der Waals surface area contributed by atoms with Crippen molar-refractivity contribution in [1.82, 2.24) is 0 Å². The molecule has 1 atom stereocenters. The van der Waals surface area contributed by atoms with Gasteiger partial charge in [-0.1, -0.05) is 55.5 Å². The fraction of sp³-hybridized carbons (Fsp3) is 0.611. The second-order valence-corrected chi connectivity index (χ2v) is 8.04. The van der Waals surface area contributed by atoms with Crippen LogP contribution in [0.4, 0.5) is 4.39 Å². The van der Waals surface area contributed by atoms with Crippen LogP contribution in [0.2, 0.25) is 0 Å². The third-order valence-corrected chi connectivity index (χ3v) is 6.47. The first-order valence-electron chi connectivity index (χ1n) is 8.21. The molecule has 1 aromatic rings. The average molecular weight is 405 g/mol. The van der Waals surface area contributed by atoms with Crippen LogP contribution in [-0.4, -0.2) is 16.2 Å². The molecule has 2 nitrogen and oxygen atoms in total. The molecular weight excluding hydrogens is 379 g/mol. The molecule has 0 aliphatic heterocycles. The van der Waals surface area contributed by atoms with E-state index in [1.165, 1.54) is 12.1 Å². The first kappa shape index (κ1) is 20.5. The van der Waals surface area contributed by atoms with Crippen LogP contribution in [0.25, 0.3) is 0 Å². The lowest BCUT2D eigenvalue weighted by molar-refractivity contribution is -0.116. The first-order valence-corrected chi connectivity index (χ1v) is 10.6. The number of benzene rings is 1. The minimum Gasteiger partial charge on any atom is -0.303 e. The van der Waals surface area contributed by atoms with Crippen molar-refractivity contribution in [3.63, 3.8) is 0 Å². The van der Waals surface area contributed by atoms with Gasteiger partial charge < -0.3 is 4.79 Å². The predicted molar refractivity (Wildman–Crippen MR) is 97.9 cm³/mol. The zero-order valence-corrected chi connectivity index (χ0v) is 16.3. The van der Waals surface area contributed by atoms with Crippen LogP contribution in [0.15, 0.2) is 23.1 Å². The van der Waals surface area contributed by atoms with Gasteiger partial charge in [0.25, 0.3) is 0 Å². The van der Waals surface area contributed by atoms with E-state index >= 15 is 0 Å². The molecule has 0 aliphatic carbocycles.